The Morgan fingerprint density at radius 2 is 2.22 bits per heavy atom. The van der Waals surface area contributed by atoms with Crippen LogP contribution in [0.4, 0.5) is 0 Å². The van der Waals surface area contributed by atoms with Crippen LogP contribution >= 0.6 is 0 Å². The number of carboxylic acids is 1. The number of hydrogen-bond acceptors (Lipinski definition) is 5. The molecule has 1 atom stereocenters. The summed E-state index contributed by atoms with van der Waals surface area (Å²) < 4.78 is 12.6. The molecule has 122 valence electrons. The van der Waals surface area contributed by atoms with E-state index in [0.29, 0.717) is 23.6 Å². The van der Waals surface area contributed by atoms with Gasteiger partial charge in [-0.1, -0.05) is 6.07 Å². The number of aliphatic carboxylic acids is 1. The fourth-order valence-electron chi connectivity index (χ4n) is 2.76. The van der Waals surface area contributed by atoms with E-state index in [0.717, 1.165) is 12.4 Å². The van der Waals surface area contributed by atoms with E-state index in [2.05, 4.69) is 4.98 Å². The molecule has 0 amide bonds. The van der Waals surface area contributed by atoms with Crippen LogP contribution < -0.4 is 9.47 Å². The Hall–Kier alpha value is -2.54. The maximum absolute atomic E-state index is 11.8. The van der Waals surface area contributed by atoms with E-state index in [9.17, 15) is 9.90 Å². The van der Waals surface area contributed by atoms with Gasteiger partial charge in [-0.25, -0.2) is 4.98 Å². The molecule has 0 unspecified atom stereocenters. The van der Waals surface area contributed by atoms with E-state index < -0.39 is 12.0 Å². The molecule has 2 aromatic rings. The predicted octanol–water partition coefficient (Wildman–Crippen LogP) is 1.89. The van der Waals surface area contributed by atoms with Gasteiger partial charge in [-0.2, -0.15) is 0 Å². The monoisotopic (exact) mass is 317 g/mol. The molecule has 0 bridgehead atoms. The van der Waals surface area contributed by atoms with Gasteiger partial charge in [0.1, 0.15) is 11.9 Å². The second kappa shape index (κ2) is 6.29. The summed E-state index contributed by atoms with van der Waals surface area (Å²) in [7, 11) is 1.78. The van der Waals surface area contributed by atoms with Crippen molar-refractivity contribution in [1.82, 2.24) is 14.5 Å². The Kier molecular flexibility index (Phi) is 4.20. The maximum atomic E-state index is 11.8. The fourth-order valence-corrected chi connectivity index (χ4v) is 2.76. The number of ether oxygens (including phenoxy) is 2. The number of aromatic nitrogens is 2. The van der Waals surface area contributed by atoms with Gasteiger partial charge in [0.2, 0.25) is 6.79 Å². The summed E-state index contributed by atoms with van der Waals surface area (Å²) in [6.45, 7) is 3.43. The molecule has 1 N–H and O–H groups in total. The number of carboxylic acid groups (broad SMARTS) is 1. The van der Waals surface area contributed by atoms with Crippen LogP contribution in [-0.4, -0.2) is 39.4 Å². The molecule has 0 saturated heterocycles. The molecule has 7 heteroatoms. The van der Waals surface area contributed by atoms with Crippen LogP contribution in [0.2, 0.25) is 0 Å². The molecule has 0 fully saturated rings. The van der Waals surface area contributed by atoms with Crippen LogP contribution in [0.1, 0.15) is 24.4 Å². The van der Waals surface area contributed by atoms with Crippen molar-refractivity contribution in [2.24, 2.45) is 0 Å². The number of nitrogens with zero attached hydrogens (tertiary/aromatic N) is 3. The summed E-state index contributed by atoms with van der Waals surface area (Å²) in [6, 6.07) is 4.44. The van der Waals surface area contributed by atoms with Crippen molar-refractivity contribution in [3.8, 4) is 11.5 Å². The predicted molar refractivity (Wildman–Crippen MR) is 82.3 cm³/mol. The Morgan fingerprint density at radius 1 is 1.43 bits per heavy atom. The highest BCUT2D eigenvalue weighted by atomic mass is 16.7. The lowest BCUT2D eigenvalue weighted by Crippen LogP contribution is -2.31. The molecular formula is C16H19N3O4. The molecule has 0 spiro atoms. The molecule has 1 aromatic heterocycles. The number of hydrogen-bond donors (Lipinski definition) is 1. The van der Waals surface area contributed by atoms with Crippen LogP contribution in [0.25, 0.3) is 0 Å². The lowest BCUT2D eigenvalue weighted by Gasteiger charge is -2.25. The molecule has 23 heavy (non-hydrogen) atoms. The highest BCUT2D eigenvalue weighted by Gasteiger charge is 2.27. The van der Waals surface area contributed by atoms with Gasteiger partial charge in [-0.05, 0) is 31.7 Å². The minimum atomic E-state index is -0.916. The number of carbonyl (C=O) groups is 1. The summed E-state index contributed by atoms with van der Waals surface area (Å²) >= 11 is 0. The third-order valence-corrected chi connectivity index (χ3v) is 3.92. The molecule has 2 heterocycles. The number of aryl methyl sites for hydroxylation is 1. The minimum absolute atomic E-state index is 0.167. The zero-order valence-electron chi connectivity index (χ0n) is 13.1. The lowest BCUT2D eigenvalue weighted by atomic mass is 10.0. The van der Waals surface area contributed by atoms with E-state index in [1.54, 1.807) is 36.3 Å². The molecule has 1 aromatic carbocycles. The van der Waals surface area contributed by atoms with Gasteiger partial charge in [0, 0.05) is 18.9 Å². The normalized spacial score (nSPS) is 14.2. The maximum Gasteiger partial charge on any atom is 0.325 e. The Morgan fingerprint density at radius 3 is 2.96 bits per heavy atom. The summed E-state index contributed by atoms with van der Waals surface area (Å²) in [4.78, 5) is 17.8. The average Bonchev–Trinajstić information content (AvgIpc) is 3.14. The van der Waals surface area contributed by atoms with Crippen molar-refractivity contribution in [2.45, 2.75) is 26.1 Å². The van der Waals surface area contributed by atoms with Crippen molar-refractivity contribution in [3.05, 3.63) is 42.0 Å². The first-order valence-corrected chi connectivity index (χ1v) is 7.42. The molecule has 1 aliphatic rings. The zero-order chi connectivity index (χ0) is 16.4. The first-order valence-electron chi connectivity index (χ1n) is 7.42. The van der Waals surface area contributed by atoms with Crippen LogP contribution in [-0.2, 0) is 17.9 Å². The van der Waals surface area contributed by atoms with Crippen molar-refractivity contribution >= 4 is 5.97 Å². The second-order valence-electron chi connectivity index (χ2n) is 5.40. The van der Waals surface area contributed by atoms with E-state index in [1.807, 2.05) is 17.7 Å². The Bertz CT molecular complexity index is 713. The SMILES string of the molecule is CCn1ccnc1CN(C)[C@@H](C(=O)O)c1ccc2c(c1)OCO2. The first-order chi connectivity index (χ1) is 11.1. The first kappa shape index (κ1) is 15.4. The van der Waals surface area contributed by atoms with Crippen molar-refractivity contribution in [1.29, 1.82) is 0 Å². The van der Waals surface area contributed by atoms with E-state index in [-0.39, 0.29) is 6.79 Å². The average molecular weight is 317 g/mol. The standard InChI is InChI=1S/C16H19N3O4/c1-3-19-7-6-17-14(19)9-18(2)15(16(20)21)11-4-5-12-13(8-11)23-10-22-12/h4-8,15H,3,9-10H2,1-2H3,(H,20,21)/t15-/m1/s1. The third-order valence-electron chi connectivity index (χ3n) is 3.92. The van der Waals surface area contributed by atoms with Gasteiger partial charge < -0.3 is 19.1 Å². The summed E-state index contributed by atoms with van der Waals surface area (Å²) in [5, 5.41) is 9.66. The van der Waals surface area contributed by atoms with Crippen LogP contribution in [0.3, 0.4) is 0 Å². The lowest BCUT2D eigenvalue weighted by molar-refractivity contribution is -0.143. The second-order valence-corrected chi connectivity index (χ2v) is 5.40. The topological polar surface area (TPSA) is 76.8 Å². The van der Waals surface area contributed by atoms with Gasteiger partial charge in [-0.15, -0.1) is 0 Å². The minimum Gasteiger partial charge on any atom is -0.480 e. The van der Waals surface area contributed by atoms with Gasteiger partial charge in [0.25, 0.3) is 0 Å². The molecular weight excluding hydrogens is 298 g/mol. The number of rotatable bonds is 6. The zero-order valence-corrected chi connectivity index (χ0v) is 13.1. The molecule has 7 nitrogen and oxygen atoms in total. The third kappa shape index (κ3) is 3.00. The Labute approximate surface area is 134 Å². The number of imidazole rings is 1. The van der Waals surface area contributed by atoms with Gasteiger partial charge in [0.05, 0.1) is 6.54 Å². The Balaban J connectivity index is 1.85. The smallest absolute Gasteiger partial charge is 0.325 e. The summed E-state index contributed by atoms with van der Waals surface area (Å²) in [6.07, 6.45) is 3.61. The molecule has 0 aliphatic carbocycles. The highest BCUT2D eigenvalue weighted by molar-refractivity contribution is 5.76. The number of benzene rings is 1. The summed E-state index contributed by atoms with van der Waals surface area (Å²) in [5.74, 6) is 1.14. The highest BCUT2D eigenvalue weighted by Crippen LogP contribution is 2.35. The quantitative estimate of drug-likeness (QED) is 0.877. The molecule has 3 rings (SSSR count). The van der Waals surface area contributed by atoms with Crippen LogP contribution in [0.5, 0.6) is 11.5 Å². The number of likely N-dealkylation sites (N-methyl/N-ethyl adjacent to an activating group) is 1. The molecule has 0 saturated carbocycles. The van der Waals surface area contributed by atoms with Crippen molar-refractivity contribution in [3.63, 3.8) is 0 Å². The van der Waals surface area contributed by atoms with Gasteiger partial charge in [-0.3, -0.25) is 9.69 Å². The summed E-state index contributed by atoms with van der Waals surface area (Å²) in [5.41, 5.74) is 0.652. The van der Waals surface area contributed by atoms with E-state index >= 15 is 0 Å². The van der Waals surface area contributed by atoms with Gasteiger partial charge >= 0.3 is 5.97 Å². The van der Waals surface area contributed by atoms with Crippen LogP contribution in [0, 0.1) is 0 Å². The van der Waals surface area contributed by atoms with Crippen molar-refractivity contribution in [2.75, 3.05) is 13.8 Å². The van der Waals surface area contributed by atoms with Crippen LogP contribution in [0.15, 0.2) is 30.6 Å². The molecule has 1 aliphatic heterocycles. The van der Waals surface area contributed by atoms with E-state index in [1.165, 1.54) is 0 Å². The molecule has 0 radical (unpaired) electrons. The largest absolute Gasteiger partial charge is 0.480 e. The fraction of sp³-hybridized carbons (Fsp3) is 0.375. The van der Waals surface area contributed by atoms with Crippen molar-refractivity contribution < 1.29 is 19.4 Å². The number of fused-ring (bicyclic) bond motifs is 1. The van der Waals surface area contributed by atoms with Gasteiger partial charge in [0.15, 0.2) is 11.5 Å². The van der Waals surface area contributed by atoms with E-state index in [4.69, 9.17) is 9.47 Å².